The number of aryl methyl sites for hydroxylation is 1. The van der Waals surface area contributed by atoms with Gasteiger partial charge in [-0.1, -0.05) is 5.16 Å². The number of hydrogen-bond acceptors (Lipinski definition) is 5. The second-order valence-corrected chi connectivity index (χ2v) is 5.98. The lowest BCUT2D eigenvalue weighted by atomic mass is 9.88. The lowest BCUT2D eigenvalue weighted by Gasteiger charge is -2.33. The van der Waals surface area contributed by atoms with Crippen molar-refractivity contribution in [3.05, 3.63) is 17.5 Å². The van der Waals surface area contributed by atoms with E-state index in [2.05, 4.69) is 5.16 Å². The Bertz CT molecular complexity index is 571. The first-order valence-corrected chi connectivity index (χ1v) is 7.60. The van der Waals surface area contributed by atoms with Gasteiger partial charge < -0.3 is 19.1 Å². The summed E-state index contributed by atoms with van der Waals surface area (Å²) >= 11 is 0. The summed E-state index contributed by atoms with van der Waals surface area (Å²) in [5.41, 5.74) is 0.488. The molecule has 2 fully saturated rings. The number of ether oxygens (including phenoxy) is 1. The molecule has 0 unspecified atom stereocenters. The van der Waals surface area contributed by atoms with Gasteiger partial charge in [-0.3, -0.25) is 9.59 Å². The maximum absolute atomic E-state index is 12.5. The number of carbonyl (C=O) groups is 2. The summed E-state index contributed by atoms with van der Waals surface area (Å²) in [6.07, 6.45) is 2.39. The molecule has 2 atom stereocenters. The summed E-state index contributed by atoms with van der Waals surface area (Å²) in [5, 5.41) is 3.65. The number of aromatic nitrogens is 1. The van der Waals surface area contributed by atoms with Crippen molar-refractivity contribution in [2.24, 2.45) is 11.8 Å². The molecule has 0 bridgehead atoms. The Hall–Kier alpha value is -1.89. The van der Waals surface area contributed by atoms with Gasteiger partial charge in [-0.2, -0.15) is 0 Å². The van der Waals surface area contributed by atoms with Gasteiger partial charge in [0.2, 0.25) is 5.91 Å². The molecule has 1 aromatic heterocycles. The third kappa shape index (κ3) is 2.61. The van der Waals surface area contributed by atoms with Crippen molar-refractivity contribution in [2.75, 3.05) is 39.9 Å². The van der Waals surface area contributed by atoms with E-state index in [1.807, 2.05) is 4.90 Å². The molecule has 2 aliphatic heterocycles. The van der Waals surface area contributed by atoms with Gasteiger partial charge in [-0.25, -0.2) is 0 Å². The quantitative estimate of drug-likeness (QED) is 0.812. The lowest BCUT2D eigenvalue weighted by molar-refractivity contribution is -0.140. The minimum absolute atomic E-state index is 0.0882. The van der Waals surface area contributed by atoms with E-state index in [1.165, 1.54) is 6.20 Å². The second-order valence-electron chi connectivity index (χ2n) is 5.98. The van der Waals surface area contributed by atoms with Crippen LogP contribution < -0.4 is 0 Å². The van der Waals surface area contributed by atoms with E-state index in [4.69, 9.17) is 9.26 Å². The predicted octanol–water partition coefficient (Wildman–Crippen LogP) is 0.550. The van der Waals surface area contributed by atoms with Gasteiger partial charge in [-0.15, -0.1) is 0 Å². The fraction of sp³-hybridized carbons (Fsp3) is 0.667. The fourth-order valence-electron chi connectivity index (χ4n) is 3.37. The van der Waals surface area contributed by atoms with E-state index >= 15 is 0 Å². The van der Waals surface area contributed by atoms with Crippen molar-refractivity contribution in [1.82, 2.24) is 15.0 Å². The molecule has 2 amide bonds. The largest absolute Gasteiger partial charge is 0.383 e. The first-order chi connectivity index (χ1) is 10.6. The van der Waals surface area contributed by atoms with Crippen LogP contribution >= 0.6 is 0 Å². The van der Waals surface area contributed by atoms with Crippen LogP contribution in [0.4, 0.5) is 0 Å². The van der Waals surface area contributed by atoms with E-state index < -0.39 is 0 Å². The average Bonchev–Trinajstić information content (AvgIpc) is 3.12. The highest BCUT2D eigenvalue weighted by molar-refractivity contribution is 5.95. The number of amides is 2. The molecule has 0 aromatic carbocycles. The molecule has 0 aliphatic carbocycles. The SMILES string of the molecule is COCCN1CC[C@H]2CN(C(=O)c3cnoc3C)C[C@@H]2C1=O. The molecule has 0 N–H and O–H groups in total. The van der Waals surface area contributed by atoms with Gasteiger partial charge in [0.05, 0.1) is 18.7 Å². The molecule has 0 radical (unpaired) electrons. The zero-order valence-corrected chi connectivity index (χ0v) is 12.9. The highest BCUT2D eigenvalue weighted by Crippen LogP contribution is 2.33. The number of fused-ring (bicyclic) bond motifs is 1. The molecular weight excluding hydrogens is 286 g/mol. The summed E-state index contributed by atoms with van der Waals surface area (Å²) in [6, 6.07) is 0. The van der Waals surface area contributed by atoms with E-state index in [9.17, 15) is 9.59 Å². The van der Waals surface area contributed by atoms with Crippen molar-refractivity contribution in [3.63, 3.8) is 0 Å². The molecule has 3 heterocycles. The summed E-state index contributed by atoms with van der Waals surface area (Å²) in [4.78, 5) is 28.7. The number of rotatable bonds is 4. The Kier molecular flexibility index (Phi) is 4.15. The van der Waals surface area contributed by atoms with Gasteiger partial charge in [0.25, 0.3) is 5.91 Å². The number of methoxy groups -OCH3 is 1. The van der Waals surface area contributed by atoms with Crippen LogP contribution in [-0.2, 0) is 9.53 Å². The van der Waals surface area contributed by atoms with Crippen molar-refractivity contribution in [2.45, 2.75) is 13.3 Å². The summed E-state index contributed by atoms with van der Waals surface area (Å²) < 4.78 is 10.0. The number of carbonyl (C=O) groups excluding carboxylic acids is 2. The van der Waals surface area contributed by atoms with Crippen molar-refractivity contribution in [1.29, 1.82) is 0 Å². The predicted molar refractivity (Wildman–Crippen MR) is 77.2 cm³/mol. The molecule has 3 rings (SSSR count). The van der Waals surface area contributed by atoms with Crippen molar-refractivity contribution in [3.8, 4) is 0 Å². The monoisotopic (exact) mass is 307 g/mol. The normalized spacial score (nSPS) is 24.7. The maximum atomic E-state index is 12.5. The highest BCUT2D eigenvalue weighted by atomic mass is 16.5. The molecule has 120 valence electrons. The van der Waals surface area contributed by atoms with Crippen LogP contribution in [0.25, 0.3) is 0 Å². The van der Waals surface area contributed by atoms with E-state index in [0.29, 0.717) is 37.6 Å². The molecule has 2 aliphatic rings. The average molecular weight is 307 g/mol. The Labute approximate surface area is 129 Å². The third-order valence-electron chi connectivity index (χ3n) is 4.67. The number of nitrogens with zero attached hydrogens (tertiary/aromatic N) is 3. The smallest absolute Gasteiger partial charge is 0.259 e. The van der Waals surface area contributed by atoms with E-state index in [-0.39, 0.29) is 23.7 Å². The number of hydrogen-bond donors (Lipinski definition) is 0. The summed E-state index contributed by atoms with van der Waals surface area (Å²) in [7, 11) is 1.63. The van der Waals surface area contributed by atoms with Crippen molar-refractivity contribution >= 4 is 11.8 Å². The molecule has 1 aromatic rings. The minimum atomic E-state index is -0.0932. The Morgan fingerprint density at radius 1 is 1.50 bits per heavy atom. The first-order valence-electron chi connectivity index (χ1n) is 7.60. The number of piperidine rings is 1. The van der Waals surface area contributed by atoms with E-state index in [1.54, 1.807) is 18.9 Å². The standard InChI is InChI=1S/C15H21N3O4/c1-10-12(7-16-22-10)14(19)18-8-11-3-4-17(5-6-21-2)15(20)13(11)9-18/h7,11,13H,3-6,8-9H2,1-2H3/t11-,13-/m0/s1. The van der Waals surface area contributed by atoms with Crippen LogP contribution in [0, 0.1) is 18.8 Å². The number of likely N-dealkylation sites (tertiary alicyclic amines) is 2. The zero-order valence-electron chi connectivity index (χ0n) is 12.9. The van der Waals surface area contributed by atoms with Crippen molar-refractivity contribution < 1.29 is 18.8 Å². The molecule has 7 heteroatoms. The Morgan fingerprint density at radius 3 is 3.00 bits per heavy atom. The van der Waals surface area contributed by atoms with Crippen LogP contribution in [0.3, 0.4) is 0 Å². The zero-order chi connectivity index (χ0) is 15.7. The van der Waals surface area contributed by atoms with Crippen LogP contribution in [0.2, 0.25) is 0 Å². The van der Waals surface area contributed by atoms with Crippen LogP contribution in [0.15, 0.2) is 10.7 Å². The first kappa shape index (κ1) is 15.0. The minimum Gasteiger partial charge on any atom is -0.383 e. The Morgan fingerprint density at radius 2 is 2.32 bits per heavy atom. The van der Waals surface area contributed by atoms with Gasteiger partial charge in [0, 0.05) is 33.3 Å². The topological polar surface area (TPSA) is 75.9 Å². The van der Waals surface area contributed by atoms with Crippen LogP contribution in [-0.4, -0.2) is 66.7 Å². The molecule has 0 spiro atoms. The molecule has 7 nitrogen and oxygen atoms in total. The van der Waals surface area contributed by atoms with Crippen LogP contribution in [0.5, 0.6) is 0 Å². The van der Waals surface area contributed by atoms with E-state index in [0.717, 1.165) is 13.0 Å². The van der Waals surface area contributed by atoms with Gasteiger partial charge in [-0.05, 0) is 19.3 Å². The summed E-state index contributed by atoms with van der Waals surface area (Å²) in [6.45, 7) is 4.76. The van der Waals surface area contributed by atoms with Gasteiger partial charge >= 0.3 is 0 Å². The fourth-order valence-corrected chi connectivity index (χ4v) is 3.37. The third-order valence-corrected chi connectivity index (χ3v) is 4.67. The van der Waals surface area contributed by atoms with Gasteiger partial charge in [0.15, 0.2) is 0 Å². The van der Waals surface area contributed by atoms with Crippen LogP contribution in [0.1, 0.15) is 22.5 Å². The molecule has 22 heavy (non-hydrogen) atoms. The maximum Gasteiger partial charge on any atom is 0.259 e. The second kappa shape index (κ2) is 6.08. The molecule has 0 saturated carbocycles. The molecular formula is C15H21N3O4. The molecule has 2 saturated heterocycles. The Balaban J connectivity index is 1.67. The highest BCUT2D eigenvalue weighted by Gasteiger charge is 2.44. The van der Waals surface area contributed by atoms with Gasteiger partial charge in [0.1, 0.15) is 11.3 Å². The lowest BCUT2D eigenvalue weighted by Crippen LogP contribution is -2.46. The summed E-state index contributed by atoms with van der Waals surface area (Å²) in [5.74, 6) is 0.744.